The van der Waals surface area contributed by atoms with Crippen molar-refractivity contribution in [2.24, 2.45) is 4.40 Å². The minimum atomic E-state index is 0.246. The van der Waals surface area contributed by atoms with E-state index < -0.39 is 0 Å². The van der Waals surface area contributed by atoms with Crippen LogP contribution in [0.4, 0.5) is 0 Å². The molecule has 4 nitrogen and oxygen atoms in total. The van der Waals surface area contributed by atoms with E-state index >= 15 is 0 Å². The van der Waals surface area contributed by atoms with Crippen molar-refractivity contribution in [2.75, 3.05) is 27.7 Å². The summed E-state index contributed by atoms with van der Waals surface area (Å²) in [4.78, 5) is 1.96. The van der Waals surface area contributed by atoms with Gasteiger partial charge in [0.25, 0.3) is 0 Å². The van der Waals surface area contributed by atoms with Crippen LogP contribution in [0.15, 0.2) is 45.2 Å². The fraction of sp³-hybridized carbons (Fsp3) is 0.550. The molecule has 3 atom stereocenters. The van der Waals surface area contributed by atoms with E-state index in [1.165, 1.54) is 24.0 Å². The number of thiophene rings is 1. The van der Waals surface area contributed by atoms with Crippen molar-refractivity contribution in [2.45, 2.75) is 43.4 Å². The Morgan fingerprint density at radius 1 is 1.54 bits per heavy atom. The summed E-state index contributed by atoms with van der Waals surface area (Å²) < 4.78 is 10.0. The van der Waals surface area contributed by atoms with Crippen molar-refractivity contribution in [3.63, 3.8) is 0 Å². The Bertz CT molecular complexity index is 611. The van der Waals surface area contributed by atoms with Crippen LogP contribution in [0.3, 0.4) is 0 Å². The van der Waals surface area contributed by atoms with E-state index in [1.54, 1.807) is 30.4 Å². The summed E-state index contributed by atoms with van der Waals surface area (Å²) in [5, 5.41) is 8.47. The first-order valence-electron chi connectivity index (χ1n) is 9.12. The molecule has 144 valence electrons. The first kappa shape index (κ1) is 21.1. The lowest BCUT2D eigenvalue weighted by Crippen LogP contribution is -2.42. The van der Waals surface area contributed by atoms with E-state index in [2.05, 4.69) is 46.1 Å². The molecule has 0 amide bonds. The van der Waals surface area contributed by atoms with E-state index in [1.807, 2.05) is 25.3 Å². The number of hydrogen-bond donors (Lipinski definition) is 1. The van der Waals surface area contributed by atoms with Crippen LogP contribution < -0.4 is 5.32 Å². The topological polar surface area (TPSA) is 36.9 Å². The Hall–Kier alpha value is -1.24. The Labute approximate surface area is 166 Å². The second-order valence-electron chi connectivity index (χ2n) is 6.77. The molecule has 1 aliphatic rings. The first-order valence-corrected chi connectivity index (χ1v) is 10.9. The third kappa shape index (κ3) is 5.89. The fourth-order valence-electron chi connectivity index (χ4n) is 3.14. The average Bonchev–Trinajstić information content (AvgIpc) is 3.14. The predicted molar refractivity (Wildman–Crippen MR) is 116 cm³/mol. The van der Waals surface area contributed by atoms with E-state index in [-0.39, 0.29) is 5.25 Å². The normalized spacial score (nSPS) is 23.1. The number of ether oxygens (including phenoxy) is 1. The molecule has 1 N–H and O–H groups in total. The van der Waals surface area contributed by atoms with Gasteiger partial charge in [-0.25, -0.2) is 4.40 Å². The van der Waals surface area contributed by atoms with Gasteiger partial charge in [-0.3, -0.25) is 0 Å². The third-order valence-corrected chi connectivity index (χ3v) is 6.11. The first-order chi connectivity index (χ1) is 12.6. The second-order valence-corrected chi connectivity index (χ2v) is 8.52. The lowest BCUT2D eigenvalue weighted by atomic mass is 9.80. The quantitative estimate of drug-likeness (QED) is 0.206. The molecule has 2 rings (SSSR count). The molecule has 1 aliphatic carbocycles. The number of nitrogens with zero attached hydrogens (tertiary/aromatic N) is 2. The molecule has 0 spiro atoms. The zero-order valence-electron chi connectivity index (χ0n) is 16.3. The van der Waals surface area contributed by atoms with Crippen LogP contribution >= 0.6 is 23.3 Å². The molecule has 0 saturated carbocycles. The Morgan fingerprint density at radius 2 is 2.35 bits per heavy atom. The van der Waals surface area contributed by atoms with Crippen molar-refractivity contribution in [1.29, 1.82) is 0 Å². The maximum atomic E-state index is 5.44. The Balaban J connectivity index is 2.30. The van der Waals surface area contributed by atoms with Crippen LogP contribution in [0, 0.1) is 0 Å². The largest absolute Gasteiger partial charge is 0.497 e. The number of rotatable bonds is 10. The van der Waals surface area contributed by atoms with Crippen molar-refractivity contribution in [3.05, 3.63) is 46.4 Å². The molecule has 0 fully saturated rings. The van der Waals surface area contributed by atoms with Crippen LogP contribution in [0.25, 0.3) is 0 Å². The van der Waals surface area contributed by atoms with Gasteiger partial charge in [0.1, 0.15) is 5.76 Å². The number of allylic oxidation sites excluding steroid dienone is 1. The lowest BCUT2D eigenvalue weighted by Gasteiger charge is -2.37. The SMILES string of the molecule is C=C(OC)C1=CC(S/N=C/N(C)C)C(c2ccsc2)C(NCCCC)C1. The zero-order valence-corrected chi connectivity index (χ0v) is 17.9. The van der Waals surface area contributed by atoms with Gasteiger partial charge in [0.05, 0.1) is 18.7 Å². The summed E-state index contributed by atoms with van der Waals surface area (Å²) in [7, 11) is 5.68. The van der Waals surface area contributed by atoms with E-state index in [9.17, 15) is 0 Å². The molecule has 1 aromatic heterocycles. The minimum Gasteiger partial charge on any atom is -0.497 e. The summed E-state index contributed by atoms with van der Waals surface area (Å²) in [6.07, 6.45) is 7.48. The highest BCUT2D eigenvalue weighted by Gasteiger charge is 2.35. The highest BCUT2D eigenvalue weighted by molar-refractivity contribution is 7.98. The zero-order chi connectivity index (χ0) is 18.9. The van der Waals surface area contributed by atoms with Gasteiger partial charge in [-0.2, -0.15) is 11.3 Å². The minimum absolute atomic E-state index is 0.246. The summed E-state index contributed by atoms with van der Waals surface area (Å²) in [6.45, 7) is 7.35. The predicted octanol–water partition coefficient (Wildman–Crippen LogP) is 4.69. The average molecular weight is 394 g/mol. The molecule has 0 radical (unpaired) electrons. The molecule has 3 unspecified atom stereocenters. The van der Waals surface area contributed by atoms with Gasteiger partial charge < -0.3 is 15.0 Å². The van der Waals surface area contributed by atoms with Crippen LogP contribution in [0.5, 0.6) is 0 Å². The van der Waals surface area contributed by atoms with Gasteiger partial charge in [-0.1, -0.05) is 26.0 Å². The molecular weight excluding hydrogens is 362 g/mol. The van der Waals surface area contributed by atoms with E-state index in [0.29, 0.717) is 12.0 Å². The summed E-state index contributed by atoms with van der Waals surface area (Å²) in [5.41, 5.74) is 2.57. The molecule has 0 saturated heterocycles. The molecule has 0 aromatic carbocycles. The van der Waals surface area contributed by atoms with Crippen LogP contribution in [-0.4, -0.2) is 50.3 Å². The van der Waals surface area contributed by atoms with Crippen molar-refractivity contribution in [3.8, 4) is 0 Å². The van der Waals surface area contributed by atoms with Gasteiger partial charge in [0, 0.05) is 26.1 Å². The Kier molecular flexibility index (Phi) is 8.75. The standard InChI is InChI=1S/C20H31N3OS2/c1-6-7-9-21-18-11-17(15(2)24-5)12-19(26-22-14-23(3)4)20(18)16-8-10-25-13-16/h8,10,12-14,18-21H,2,6-7,9,11H2,1,3-5H3/b22-14+. The number of unbranched alkanes of at least 4 members (excludes halogenated alkanes) is 1. The van der Waals surface area contributed by atoms with Crippen molar-refractivity contribution >= 4 is 29.6 Å². The van der Waals surface area contributed by atoms with Crippen LogP contribution in [-0.2, 0) is 4.74 Å². The highest BCUT2D eigenvalue weighted by Crippen LogP contribution is 2.41. The van der Waals surface area contributed by atoms with Gasteiger partial charge in [-0.05, 0) is 59.3 Å². The maximum absolute atomic E-state index is 5.44. The van der Waals surface area contributed by atoms with Gasteiger partial charge >= 0.3 is 0 Å². The van der Waals surface area contributed by atoms with Crippen molar-refractivity contribution < 1.29 is 4.74 Å². The maximum Gasteiger partial charge on any atom is 0.114 e. The second kappa shape index (κ2) is 10.8. The van der Waals surface area contributed by atoms with E-state index in [0.717, 1.165) is 18.7 Å². The molecule has 6 heteroatoms. The van der Waals surface area contributed by atoms with Gasteiger partial charge in [0.15, 0.2) is 0 Å². The van der Waals surface area contributed by atoms with Gasteiger partial charge in [-0.15, -0.1) is 0 Å². The highest BCUT2D eigenvalue weighted by atomic mass is 32.2. The van der Waals surface area contributed by atoms with Crippen LogP contribution in [0.2, 0.25) is 0 Å². The molecule has 1 heterocycles. The van der Waals surface area contributed by atoms with Crippen molar-refractivity contribution in [1.82, 2.24) is 10.2 Å². The van der Waals surface area contributed by atoms with E-state index in [4.69, 9.17) is 4.74 Å². The lowest BCUT2D eigenvalue weighted by molar-refractivity contribution is 0.292. The number of nitrogens with one attached hydrogen (secondary N) is 1. The monoisotopic (exact) mass is 393 g/mol. The molecular formula is C20H31N3OS2. The van der Waals surface area contributed by atoms with Gasteiger partial charge in [0.2, 0.25) is 0 Å². The fourth-order valence-corrected chi connectivity index (χ4v) is 4.93. The number of hydrogen-bond acceptors (Lipinski definition) is 5. The summed E-state index contributed by atoms with van der Waals surface area (Å²) in [6, 6.07) is 2.60. The van der Waals surface area contributed by atoms with Crippen LogP contribution in [0.1, 0.15) is 37.7 Å². The number of methoxy groups -OCH3 is 1. The third-order valence-electron chi connectivity index (χ3n) is 4.52. The molecule has 0 bridgehead atoms. The Morgan fingerprint density at radius 3 is 2.96 bits per heavy atom. The molecule has 26 heavy (non-hydrogen) atoms. The summed E-state index contributed by atoms with van der Waals surface area (Å²) >= 11 is 3.39. The summed E-state index contributed by atoms with van der Waals surface area (Å²) in [5.74, 6) is 1.15. The molecule has 0 aliphatic heterocycles. The smallest absolute Gasteiger partial charge is 0.114 e. The molecule has 1 aromatic rings.